The Kier molecular flexibility index (Phi) is 6.69. The molecule has 0 radical (unpaired) electrons. The van der Waals surface area contributed by atoms with E-state index in [0.717, 1.165) is 25.4 Å². The fraction of sp³-hybridized carbons (Fsp3) is 0.391. The number of anilines is 3. The maximum Gasteiger partial charge on any atom is 0.233 e. The molecule has 2 amide bonds. The van der Waals surface area contributed by atoms with Gasteiger partial charge in [-0.25, -0.2) is 0 Å². The molecule has 5 heteroatoms. The number of hydrogen-bond donors (Lipinski definition) is 2. The minimum absolute atomic E-state index is 0.207. The van der Waals surface area contributed by atoms with Gasteiger partial charge in [0.1, 0.15) is 6.42 Å². The monoisotopic (exact) mass is 379 g/mol. The topological polar surface area (TPSA) is 61.4 Å². The lowest BCUT2D eigenvalue weighted by molar-refractivity contribution is -0.123. The first-order valence-corrected chi connectivity index (χ1v) is 10.1. The van der Waals surface area contributed by atoms with Gasteiger partial charge in [-0.1, -0.05) is 26.0 Å². The second-order valence-electron chi connectivity index (χ2n) is 7.54. The maximum absolute atomic E-state index is 12.2. The van der Waals surface area contributed by atoms with Crippen LogP contribution < -0.4 is 15.5 Å². The van der Waals surface area contributed by atoms with E-state index in [0.29, 0.717) is 11.4 Å². The van der Waals surface area contributed by atoms with Gasteiger partial charge in [-0.2, -0.15) is 0 Å². The molecule has 0 atom stereocenters. The molecule has 1 fully saturated rings. The Hall–Kier alpha value is -2.82. The molecular formula is C23H29N3O2. The molecule has 0 saturated carbocycles. The van der Waals surface area contributed by atoms with Crippen LogP contribution in [-0.2, 0) is 16.0 Å². The summed E-state index contributed by atoms with van der Waals surface area (Å²) in [5.74, 6) is 0.161. The fourth-order valence-corrected chi connectivity index (χ4v) is 3.40. The quantitative estimate of drug-likeness (QED) is 0.729. The van der Waals surface area contributed by atoms with Crippen molar-refractivity contribution in [1.82, 2.24) is 0 Å². The predicted octanol–water partition coefficient (Wildman–Crippen LogP) is 4.45. The molecule has 3 rings (SSSR count). The lowest BCUT2D eigenvalue weighted by atomic mass is 9.99. The van der Waals surface area contributed by atoms with Crippen molar-refractivity contribution >= 4 is 28.9 Å². The van der Waals surface area contributed by atoms with Crippen molar-refractivity contribution < 1.29 is 9.59 Å². The number of hydrogen-bond acceptors (Lipinski definition) is 3. The summed E-state index contributed by atoms with van der Waals surface area (Å²) in [4.78, 5) is 26.6. The van der Waals surface area contributed by atoms with Gasteiger partial charge in [-0.3, -0.25) is 9.59 Å². The van der Waals surface area contributed by atoms with E-state index < -0.39 is 0 Å². The lowest BCUT2D eigenvalue weighted by Gasteiger charge is -2.32. The summed E-state index contributed by atoms with van der Waals surface area (Å²) in [5.41, 5.74) is 3.80. The van der Waals surface area contributed by atoms with E-state index in [9.17, 15) is 9.59 Å². The average molecular weight is 380 g/mol. The van der Waals surface area contributed by atoms with Gasteiger partial charge in [0.25, 0.3) is 0 Å². The van der Waals surface area contributed by atoms with Crippen LogP contribution in [0.5, 0.6) is 0 Å². The van der Waals surface area contributed by atoms with E-state index in [1.54, 1.807) is 0 Å². The van der Waals surface area contributed by atoms with E-state index >= 15 is 0 Å². The molecule has 1 aliphatic heterocycles. The third-order valence-corrected chi connectivity index (χ3v) is 5.27. The minimum Gasteiger partial charge on any atom is -0.372 e. The van der Waals surface area contributed by atoms with E-state index in [1.165, 1.54) is 24.1 Å². The zero-order chi connectivity index (χ0) is 19.9. The van der Waals surface area contributed by atoms with Crippen molar-refractivity contribution in [2.45, 2.75) is 39.5 Å². The van der Waals surface area contributed by atoms with E-state index in [4.69, 9.17) is 0 Å². The summed E-state index contributed by atoms with van der Waals surface area (Å²) in [7, 11) is 0. The van der Waals surface area contributed by atoms with Gasteiger partial charge in [-0.15, -0.1) is 0 Å². The van der Waals surface area contributed by atoms with Crippen LogP contribution in [0.2, 0.25) is 0 Å². The summed E-state index contributed by atoms with van der Waals surface area (Å²) < 4.78 is 0. The molecule has 1 heterocycles. The molecule has 2 N–H and O–H groups in total. The number of nitrogens with zero attached hydrogens (tertiary/aromatic N) is 1. The summed E-state index contributed by atoms with van der Waals surface area (Å²) >= 11 is 0. The standard InChI is InChI=1S/C23H29N3O2/c1-3-18-4-6-19(7-5-18)24-22(27)16-23(28)25-20-8-10-21(11-9-20)26-14-12-17(2)13-15-26/h4-11,17H,3,12-16H2,1-2H3,(H,24,27)(H,25,28). The molecule has 0 unspecified atom stereocenters. The molecule has 1 aliphatic rings. The highest BCUT2D eigenvalue weighted by molar-refractivity contribution is 6.08. The van der Waals surface area contributed by atoms with Gasteiger partial charge in [0.05, 0.1) is 0 Å². The van der Waals surface area contributed by atoms with Crippen LogP contribution in [0, 0.1) is 5.92 Å². The summed E-state index contributed by atoms with van der Waals surface area (Å²) in [6.07, 6.45) is 3.18. The highest BCUT2D eigenvalue weighted by Gasteiger charge is 2.16. The van der Waals surface area contributed by atoms with Crippen molar-refractivity contribution in [3.05, 3.63) is 54.1 Å². The van der Waals surface area contributed by atoms with Gasteiger partial charge in [0, 0.05) is 30.2 Å². The fourth-order valence-electron chi connectivity index (χ4n) is 3.40. The van der Waals surface area contributed by atoms with Gasteiger partial charge < -0.3 is 15.5 Å². The number of benzene rings is 2. The molecule has 0 bridgehead atoms. The lowest BCUT2D eigenvalue weighted by Crippen LogP contribution is -2.32. The van der Waals surface area contributed by atoms with Crippen molar-refractivity contribution in [1.29, 1.82) is 0 Å². The summed E-state index contributed by atoms with van der Waals surface area (Å²) in [6, 6.07) is 15.5. The molecule has 5 nitrogen and oxygen atoms in total. The van der Waals surface area contributed by atoms with Gasteiger partial charge in [-0.05, 0) is 67.1 Å². The van der Waals surface area contributed by atoms with Crippen LogP contribution in [0.15, 0.2) is 48.5 Å². The Morgan fingerprint density at radius 2 is 1.39 bits per heavy atom. The number of aryl methyl sites for hydroxylation is 1. The Morgan fingerprint density at radius 1 is 0.893 bits per heavy atom. The first-order chi connectivity index (χ1) is 13.5. The molecule has 0 aliphatic carbocycles. The molecule has 0 spiro atoms. The molecule has 148 valence electrons. The Bertz CT molecular complexity index is 792. The zero-order valence-electron chi connectivity index (χ0n) is 16.7. The Morgan fingerprint density at radius 3 is 1.89 bits per heavy atom. The second-order valence-corrected chi connectivity index (χ2v) is 7.54. The van der Waals surface area contributed by atoms with Crippen molar-refractivity contribution in [3.8, 4) is 0 Å². The number of amides is 2. The zero-order valence-corrected chi connectivity index (χ0v) is 16.7. The van der Waals surface area contributed by atoms with Crippen molar-refractivity contribution in [2.24, 2.45) is 5.92 Å². The maximum atomic E-state index is 12.2. The summed E-state index contributed by atoms with van der Waals surface area (Å²) in [5, 5.41) is 5.55. The number of carbonyl (C=O) groups excluding carboxylic acids is 2. The normalized spacial score (nSPS) is 14.6. The molecule has 28 heavy (non-hydrogen) atoms. The average Bonchev–Trinajstić information content (AvgIpc) is 2.69. The second kappa shape index (κ2) is 9.40. The first kappa shape index (κ1) is 19.9. The minimum atomic E-state index is -0.319. The van der Waals surface area contributed by atoms with Gasteiger partial charge in [0.2, 0.25) is 11.8 Å². The number of carbonyl (C=O) groups is 2. The molecule has 2 aromatic rings. The third-order valence-electron chi connectivity index (χ3n) is 5.27. The van der Waals surface area contributed by atoms with Gasteiger partial charge in [0.15, 0.2) is 0 Å². The smallest absolute Gasteiger partial charge is 0.233 e. The highest BCUT2D eigenvalue weighted by Crippen LogP contribution is 2.24. The van der Waals surface area contributed by atoms with Crippen LogP contribution >= 0.6 is 0 Å². The number of piperidine rings is 1. The van der Waals surface area contributed by atoms with E-state index in [1.807, 2.05) is 48.5 Å². The summed E-state index contributed by atoms with van der Waals surface area (Å²) in [6.45, 7) is 6.53. The van der Waals surface area contributed by atoms with Crippen LogP contribution in [0.3, 0.4) is 0 Å². The van der Waals surface area contributed by atoms with Crippen molar-refractivity contribution in [2.75, 3.05) is 28.6 Å². The molecular weight excluding hydrogens is 350 g/mol. The highest BCUT2D eigenvalue weighted by atomic mass is 16.2. The third kappa shape index (κ3) is 5.59. The Balaban J connectivity index is 1.47. The van der Waals surface area contributed by atoms with E-state index in [-0.39, 0.29) is 18.2 Å². The van der Waals surface area contributed by atoms with Crippen molar-refractivity contribution in [3.63, 3.8) is 0 Å². The number of rotatable bonds is 6. The largest absolute Gasteiger partial charge is 0.372 e. The Labute approximate surface area is 167 Å². The molecule has 0 aromatic heterocycles. The SMILES string of the molecule is CCc1ccc(NC(=O)CC(=O)Nc2ccc(N3CCC(C)CC3)cc2)cc1. The van der Waals surface area contributed by atoms with Crippen LogP contribution in [0.1, 0.15) is 38.7 Å². The number of nitrogens with one attached hydrogen (secondary N) is 2. The first-order valence-electron chi connectivity index (χ1n) is 10.1. The van der Waals surface area contributed by atoms with Gasteiger partial charge >= 0.3 is 0 Å². The molecule has 2 aromatic carbocycles. The van der Waals surface area contributed by atoms with Crippen LogP contribution in [0.4, 0.5) is 17.1 Å². The van der Waals surface area contributed by atoms with Crippen LogP contribution in [0.25, 0.3) is 0 Å². The van der Waals surface area contributed by atoms with E-state index in [2.05, 4.69) is 29.4 Å². The predicted molar refractivity (Wildman–Crippen MR) is 115 cm³/mol. The van der Waals surface area contributed by atoms with Crippen LogP contribution in [-0.4, -0.2) is 24.9 Å². The molecule has 1 saturated heterocycles.